The quantitative estimate of drug-likeness (QED) is 0.104. The Morgan fingerprint density at radius 1 is 0.933 bits per heavy atom. The number of hydrogen-bond acceptors (Lipinski definition) is 11. The summed E-state index contributed by atoms with van der Waals surface area (Å²) in [6, 6.07) is -5.54. The predicted octanol–water partition coefficient (Wildman–Crippen LogP) is 0.105. The minimum absolute atomic E-state index is 0.0485. The monoisotopic (exact) mass is 851 g/mol. The number of aliphatic hydroxyl groups is 1. The zero-order valence-electron chi connectivity index (χ0n) is 36.7. The van der Waals surface area contributed by atoms with E-state index in [4.69, 9.17) is 11.5 Å². The number of carbonyl (C=O) groups is 9. The number of hydrogen-bond donors (Lipinski definition) is 10. The molecule has 1 rings (SSSR count). The van der Waals surface area contributed by atoms with Crippen molar-refractivity contribution in [3.8, 4) is 0 Å². The fourth-order valence-corrected chi connectivity index (χ4v) is 6.40. The van der Waals surface area contributed by atoms with Crippen molar-refractivity contribution in [1.82, 2.24) is 31.9 Å². The fraction of sp³-hybridized carbons (Fsp3) is 0.732. The molecule has 19 nitrogen and oxygen atoms in total. The molecule has 0 aromatic carbocycles. The number of carbonyl (C=O) groups excluding carboxylic acids is 8. The largest absolute Gasteiger partial charge is 0.481 e. The van der Waals surface area contributed by atoms with Crippen LogP contribution in [0.1, 0.15) is 133 Å². The van der Waals surface area contributed by atoms with Gasteiger partial charge in [0.1, 0.15) is 29.2 Å². The third kappa shape index (κ3) is 17.7. The molecule has 7 amide bonds. The third-order valence-corrected chi connectivity index (χ3v) is 10.5. The van der Waals surface area contributed by atoms with Crippen LogP contribution in [0.3, 0.4) is 0 Å². The summed E-state index contributed by atoms with van der Waals surface area (Å²) < 4.78 is 0. The van der Waals surface area contributed by atoms with E-state index in [-0.39, 0.29) is 25.7 Å². The van der Waals surface area contributed by atoms with Gasteiger partial charge in [0.15, 0.2) is 5.78 Å². The van der Waals surface area contributed by atoms with E-state index in [0.717, 1.165) is 0 Å². The summed E-state index contributed by atoms with van der Waals surface area (Å²) >= 11 is 0. The van der Waals surface area contributed by atoms with Gasteiger partial charge in [0, 0.05) is 24.3 Å². The zero-order valence-corrected chi connectivity index (χ0v) is 36.7. The maximum absolute atomic E-state index is 14.0. The molecule has 0 unspecified atom stereocenters. The average molecular weight is 851 g/mol. The Kier molecular flexibility index (Phi) is 21.0. The molecular formula is C41H70N8O11. The molecule has 1 aliphatic rings. The number of ketones is 1. The van der Waals surface area contributed by atoms with Crippen LogP contribution < -0.4 is 43.4 Å². The highest BCUT2D eigenvalue weighted by Gasteiger charge is 2.41. The first kappa shape index (κ1) is 53.1. The summed E-state index contributed by atoms with van der Waals surface area (Å²) in [6.45, 7) is 14.3. The number of Topliss-reactive ketones (excluding diaryl/α,β-unsaturated/α-hetero) is 1. The van der Waals surface area contributed by atoms with Gasteiger partial charge in [0.05, 0.1) is 18.6 Å². The molecular weight excluding hydrogens is 780 g/mol. The molecule has 0 aromatic heterocycles. The van der Waals surface area contributed by atoms with Crippen LogP contribution in [0.2, 0.25) is 0 Å². The summed E-state index contributed by atoms with van der Waals surface area (Å²) in [5.41, 5.74) is 7.28. The van der Waals surface area contributed by atoms with Gasteiger partial charge in [-0.3, -0.25) is 43.2 Å². The number of aliphatic hydroxyl groups excluding tert-OH is 1. The summed E-state index contributed by atoms with van der Waals surface area (Å²) in [6.07, 6.45) is 2.99. The summed E-state index contributed by atoms with van der Waals surface area (Å²) in [7, 11) is 0. The lowest BCUT2D eigenvalue weighted by atomic mass is 9.88. The first-order valence-electron chi connectivity index (χ1n) is 20.7. The maximum atomic E-state index is 14.0. The van der Waals surface area contributed by atoms with Gasteiger partial charge in [-0.05, 0) is 99.3 Å². The predicted molar refractivity (Wildman–Crippen MR) is 222 cm³/mol. The van der Waals surface area contributed by atoms with Crippen molar-refractivity contribution < 1.29 is 53.4 Å². The van der Waals surface area contributed by atoms with Gasteiger partial charge in [-0.15, -0.1) is 0 Å². The molecule has 0 aliphatic carbocycles. The van der Waals surface area contributed by atoms with Gasteiger partial charge in [0.25, 0.3) is 0 Å². The van der Waals surface area contributed by atoms with Gasteiger partial charge in [-0.2, -0.15) is 0 Å². The molecule has 19 heteroatoms. The van der Waals surface area contributed by atoms with E-state index in [0.29, 0.717) is 32.1 Å². The number of nitrogens with one attached hydrogen (secondary N) is 6. The Labute approximate surface area is 353 Å². The van der Waals surface area contributed by atoms with Crippen LogP contribution in [0.4, 0.5) is 0 Å². The lowest BCUT2D eigenvalue weighted by molar-refractivity contribution is -0.142. The summed E-state index contributed by atoms with van der Waals surface area (Å²) in [5, 5.41) is 35.5. The zero-order chi connectivity index (χ0) is 46.2. The van der Waals surface area contributed by atoms with E-state index in [1.165, 1.54) is 27.7 Å². The number of rotatable bonds is 14. The van der Waals surface area contributed by atoms with E-state index < -0.39 is 125 Å². The molecule has 12 N–H and O–H groups in total. The topological polar surface area (TPSA) is 318 Å². The molecule has 60 heavy (non-hydrogen) atoms. The van der Waals surface area contributed by atoms with E-state index in [9.17, 15) is 53.4 Å². The molecule has 0 aromatic rings. The molecule has 0 saturated heterocycles. The van der Waals surface area contributed by atoms with Gasteiger partial charge in [-0.25, -0.2) is 0 Å². The fourth-order valence-electron chi connectivity index (χ4n) is 6.40. The van der Waals surface area contributed by atoms with Crippen LogP contribution in [0.25, 0.3) is 0 Å². The van der Waals surface area contributed by atoms with E-state index >= 15 is 0 Å². The van der Waals surface area contributed by atoms with E-state index in [1.54, 1.807) is 34.6 Å². The highest BCUT2D eigenvalue weighted by molar-refractivity contribution is 5.99. The van der Waals surface area contributed by atoms with Crippen molar-refractivity contribution in [1.29, 1.82) is 0 Å². The van der Waals surface area contributed by atoms with Crippen molar-refractivity contribution >= 4 is 53.1 Å². The maximum Gasteiger partial charge on any atom is 0.305 e. The van der Waals surface area contributed by atoms with Crippen LogP contribution in [-0.2, 0) is 43.2 Å². The minimum Gasteiger partial charge on any atom is -0.481 e. The highest BCUT2D eigenvalue weighted by Crippen LogP contribution is 2.22. The number of nitrogens with two attached hydrogens (primary N) is 2. The van der Waals surface area contributed by atoms with Crippen molar-refractivity contribution in [3.05, 3.63) is 12.2 Å². The average Bonchev–Trinajstić information content (AvgIpc) is 3.13. The first-order chi connectivity index (χ1) is 27.7. The number of carboxylic acids is 1. The highest BCUT2D eigenvalue weighted by atomic mass is 16.4. The second-order valence-electron chi connectivity index (χ2n) is 17.5. The number of amides is 7. The van der Waals surface area contributed by atoms with E-state index in [2.05, 4.69) is 31.9 Å². The summed E-state index contributed by atoms with van der Waals surface area (Å²) in [4.78, 5) is 119. The Bertz CT molecular complexity index is 1600. The Hall–Kier alpha value is -4.91. The molecule has 1 aliphatic heterocycles. The van der Waals surface area contributed by atoms with Crippen molar-refractivity contribution in [2.24, 2.45) is 23.3 Å². The standard InChI is InChI=1S/C41H70N8O11/c1-10-23(2)32-36(58)45-27(22-30(53)54)35(57)48-41(9,38(60)49-39(5,6)7)20-16-14-12-11-13-15-19-40(8,37(59)44-24(3)33(55)46-32)47-34(56)26(17-18-29(42)52)21-28(51)31(43)25(4)50/h11-12,23-27,31-32,50H,10,13-22,43H2,1-9H3,(H2,42,52)(H,44,59)(H,45,58)(H,46,55)(H,47,56)(H,48,57)(H,49,60)(H,53,54)/b12-11+/t23-,24-,25+,26+,27-,31+,32-,40-,41-/m0/s1. The smallest absolute Gasteiger partial charge is 0.305 e. The number of carboxylic acid groups (broad SMARTS) is 1. The van der Waals surface area contributed by atoms with Crippen molar-refractivity contribution in [3.63, 3.8) is 0 Å². The van der Waals surface area contributed by atoms with Gasteiger partial charge >= 0.3 is 5.97 Å². The molecule has 0 bridgehead atoms. The second kappa shape index (κ2) is 23.8. The van der Waals surface area contributed by atoms with Gasteiger partial charge in [-0.1, -0.05) is 32.4 Å². The van der Waals surface area contributed by atoms with Crippen molar-refractivity contribution in [2.45, 2.75) is 180 Å². The first-order valence-corrected chi connectivity index (χ1v) is 20.7. The SMILES string of the molecule is CC[C@H](C)[C@@H]1NC(=O)[C@H](C)NC(=O)[C@@](C)(NC(=O)[C@H](CCC(N)=O)CC(=O)[C@H](N)[C@@H](C)O)CCC/C=C/CCC[C@@](C)(C(=O)NC(C)(C)C)NC(=O)[C@H](CC(=O)O)NC1=O. The number of allylic oxidation sites excluding steroid dienone is 2. The lowest BCUT2D eigenvalue weighted by Crippen LogP contribution is -2.64. The normalized spacial score (nSPS) is 26.8. The molecule has 1 heterocycles. The van der Waals surface area contributed by atoms with Gasteiger partial charge < -0.3 is 53.6 Å². The molecule has 0 fully saturated rings. The van der Waals surface area contributed by atoms with Gasteiger partial charge in [0.2, 0.25) is 41.4 Å². The number of aliphatic carboxylic acids is 1. The van der Waals surface area contributed by atoms with Crippen LogP contribution in [-0.4, -0.2) is 110 Å². The lowest BCUT2D eigenvalue weighted by Gasteiger charge is -2.35. The number of primary amides is 1. The molecule has 340 valence electrons. The molecule has 0 saturated carbocycles. The van der Waals surface area contributed by atoms with Crippen molar-refractivity contribution in [2.75, 3.05) is 0 Å². The Morgan fingerprint density at radius 3 is 2.03 bits per heavy atom. The van der Waals surface area contributed by atoms with E-state index in [1.807, 2.05) is 12.2 Å². The Morgan fingerprint density at radius 2 is 1.52 bits per heavy atom. The van der Waals surface area contributed by atoms with Crippen LogP contribution in [0.5, 0.6) is 0 Å². The molecule has 9 atom stereocenters. The van der Waals surface area contributed by atoms with Crippen LogP contribution in [0, 0.1) is 11.8 Å². The van der Waals surface area contributed by atoms with Crippen LogP contribution >= 0.6 is 0 Å². The molecule has 0 spiro atoms. The minimum atomic E-state index is -1.68. The third-order valence-electron chi connectivity index (χ3n) is 10.5. The summed E-state index contributed by atoms with van der Waals surface area (Å²) in [5.74, 6) is -9.13. The second-order valence-corrected chi connectivity index (χ2v) is 17.5. The van der Waals surface area contributed by atoms with Crippen LogP contribution in [0.15, 0.2) is 12.2 Å². The Balaban J connectivity index is 3.69. The molecule has 0 radical (unpaired) electrons.